The first-order valence-corrected chi connectivity index (χ1v) is 20.6. The Morgan fingerprint density at radius 1 is 0.889 bits per heavy atom. The van der Waals surface area contributed by atoms with Crippen molar-refractivity contribution in [2.45, 2.75) is 91.7 Å². The van der Waals surface area contributed by atoms with Crippen molar-refractivity contribution in [1.29, 1.82) is 0 Å². The van der Waals surface area contributed by atoms with E-state index in [1.807, 2.05) is 57.7 Å². The topological polar surface area (TPSA) is 130 Å². The molecule has 294 valence electrons. The maximum absolute atomic E-state index is 14.6. The van der Waals surface area contributed by atoms with Gasteiger partial charge >= 0.3 is 16.3 Å². The zero-order chi connectivity index (χ0) is 39.3. The molecule has 13 heteroatoms. The number of fused-ring (bicyclic) bond motifs is 2. The number of aryl methyl sites for hydroxylation is 1. The van der Waals surface area contributed by atoms with E-state index in [0.717, 1.165) is 63.5 Å². The summed E-state index contributed by atoms with van der Waals surface area (Å²) in [4.78, 5) is 44.6. The number of rotatable bonds is 9. The van der Waals surface area contributed by atoms with Crippen LogP contribution in [0, 0.1) is 24.2 Å². The summed E-state index contributed by atoms with van der Waals surface area (Å²) in [6, 6.07) is 11.5. The molecule has 2 saturated heterocycles. The second-order valence-electron chi connectivity index (χ2n) is 17.3. The summed E-state index contributed by atoms with van der Waals surface area (Å²) in [5.41, 5.74) is 3.83. The van der Waals surface area contributed by atoms with Crippen LogP contribution in [-0.4, -0.2) is 98.0 Å². The van der Waals surface area contributed by atoms with Crippen molar-refractivity contribution in [2.75, 3.05) is 47.4 Å². The Morgan fingerprint density at radius 3 is 2.09 bits per heavy atom. The Kier molecular flexibility index (Phi) is 10.9. The van der Waals surface area contributed by atoms with E-state index in [0.29, 0.717) is 32.7 Å². The predicted octanol–water partition coefficient (Wildman–Crippen LogP) is 6.56. The number of amides is 3. The maximum Gasteiger partial charge on any atom is 0.410 e. The number of hydrogen-bond acceptors (Lipinski definition) is 7. The molecule has 2 aliphatic heterocycles. The highest BCUT2D eigenvalue weighted by Crippen LogP contribution is 2.47. The monoisotopic (exact) mass is 763 g/mol. The van der Waals surface area contributed by atoms with Gasteiger partial charge in [0.05, 0.1) is 18.2 Å². The van der Waals surface area contributed by atoms with Crippen LogP contribution < -0.4 is 9.46 Å². The average Bonchev–Trinajstić information content (AvgIpc) is 3.77. The van der Waals surface area contributed by atoms with Gasteiger partial charge in [0.2, 0.25) is 5.91 Å². The van der Waals surface area contributed by atoms with E-state index in [9.17, 15) is 22.8 Å². The van der Waals surface area contributed by atoms with E-state index in [-0.39, 0.29) is 35.3 Å². The predicted molar refractivity (Wildman–Crippen MR) is 210 cm³/mol. The molecule has 3 heterocycles. The van der Waals surface area contributed by atoms with Gasteiger partial charge in [-0.05, 0) is 102 Å². The van der Waals surface area contributed by atoms with Gasteiger partial charge in [-0.15, -0.1) is 0 Å². The van der Waals surface area contributed by atoms with E-state index in [1.54, 1.807) is 24.1 Å². The van der Waals surface area contributed by atoms with Gasteiger partial charge in [-0.1, -0.05) is 25.3 Å². The van der Waals surface area contributed by atoms with Crippen LogP contribution in [0.2, 0.25) is 0 Å². The van der Waals surface area contributed by atoms with Gasteiger partial charge in [0, 0.05) is 80.7 Å². The van der Waals surface area contributed by atoms with Gasteiger partial charge in [-0.25, -0.2) is 9.52 Å². The first-order chi connectivity index (χ1) is 25.3. The summed E-state index contributed by atoms with van der Waals surface area (Å²) in [5, 5.41) is 1.00. The van der Waals surface area contributed by atoms with E-state index in [2.05, 4.69) is 22.3 Å². The molecule has 54 heavy (non-hydrogen) atoms. The van der Waals surface area contributed by atoms with Gasteiger partial charge in [-0.2, -0.15) is 12.7 Å². The molecule has 2 atom stereocenters. The minimum absolute atomic E-state index is 0.0326. The molecule has 1 saturated carbocycles. The van der Waals surface area contributed by atoms with Crippen LogP contribution in [0.4, 0.5) is 4.79 Å². The normalized spacial score (nSPS) is 19.7. The lowest BCUT2D eigenvalue weighted by Crippen LogP contribution is -2.44. The second-order valence-corrected chi connectivity index (χ2v) is 19.2. The Hall–Kier alpha value is -4.10. The number of methoxy groups -OCH3 is 1. The number of benzene rings is 2. The van der Waals surface area contributed by atoms with E-state index in [4.69, 9.17) is 9.47 Å². The van der Waals surface area contributed by atoms with Gasteiger partial charge in [0.15, 0.2) is 0 Å². The Bertz CT molecular complexity index is 2030. The minimum Gasteiger partial charge on any atom is -0.497 e. The van der Waals surface area contributed by atoms with Crippen molar-refractivity contribution in [2.24, 2.45) is 17.3 Å². The lowest BCUT2D eigenvalue weighted by Gasteiger charge is -2.32. The van der Waals surface area contributed by atoms with Crippen LogP contribution in [0.25, 0.3) is 22.2 Å². The standard InChI is InChI=1S/C41H57N5O7S/c1-26-19-31(52-9)16-18-32(26)36-35(27-13-11-10-12-14-27)33-17-15-28(37(47)42-54(50,51)43(7)8)20-34(33)46(36)25-41(5,6)38(48)44-21-29-23-45(24-30(29)22-44)39(49)53-40(2,3)4/h15-20,27,29-30H,10-14,21-25H2,1-9H3,(H,42,47). The van der Waals surface area contributed by atoms with Gasteiger partial charge in [-0.3, -0.25) is 9.59 Å². The zero-order valence-corrected chi connectivity index (χ0v) is 34.1. The summed E-state index contributed by atoms with van der Waals surface area (Å²) in [7, 11) is 0.367. The third-order valence-corrected chi connectivity index (χ3v) is 12.7. The number of ether oxygens (including phenoxy) is 2. The van der Waals surface area contributed by atoms with Crippen molar-refractivity contribution in [3.05, 3.63) is 53.1 Å². The van der Waals surface area contributed by atoms with Crippen LogP contribution in [0.1, 0.15) is 94.1 Å². The number of aromatic nitrogens is 1. The Morgan fingerprint density at radius 2 is 1.52 bits per heavy atom. The van der Waals surface area contributed by atoms with Crippen LogP contribution in [0.5, 0.6) is 5.75 Å². The lowest BCUT2D eigenvalue weighted by molar-refractivity contribution is -0.140. The quantitative estimate of drug-likeness (QED) is 0.261. The highest BCUT2D eigenvalue weighted by Gasteiger charge is 2.46. The molecule has 3 aliphatic rings. The van der Waals surface area contributed by atoms with Crippen LogP contribution in [0.3, 0.4) is 0 Å². The van der Waals surface area contributed by atoms with Crippen LogP contribution in [-0.2, 0) is 26.3 Å². The molecule has 3 amide bonds. The maximum atomic E-state index is 14.6. The van der Waals surface area contributed by atoms with Crippen LogP contribution in [0.15, 0.2) is 36.4 Å². The minimum atomic E-state index is -4.02. The summed E-state index contributed by atoms with van der Waals surface area (Å²) in [6.45, 7) is 14.2. The summed E-state index contributed by atoms with van der Waals surface area (Å²) >= 11 is 0. The molecule has 2 aromatic carbocycles. The van der Waals surface area contributed by atoms with Gasteiger partial charge in [0.1, 0.15) is 11.4 Å². The summed E-state index contributed by atoms with van der Waals surface area (Å²) in [5.74, 6) is 0.695. The summed E-state index contributed by atoms with van der Waals surface area (Å²) in [6.07, 6.45) is 5.18. The average molecular weight is 764 g/mol. The molecule has 1 aliphatic carbocycles. The second kappa shape index (κ2) is 14.9. The molecule has 3 aromatic rings. The molecule has 1 aromatic heterocycles. The first kappa shape index (κ1) is 39.6. The number of nitrogens with one attached hydrogen (secondary N) is 1. The Labute approximate surface area is 320 Å². The molecule has 0 radical (unpaired) electrons. The number of carbonyl (C=O) groups excluding carboxylic acids is 3. The fraction of sp³-hybridized carbons (Fsp3) is 0.585. The third kappa shape index (κ3) is 7.98. The fourth-order valence-electron chi connectivity index (χ4n) is 8.60. The third-order valence-electron chi connectivity index (χ3n) is 11.3. The van der Waals surface area contributed by atoms with Crippen molar-refractivity contribution < 1.29 is 32.3 Å². The SMILES string of the molecule is COc1ccc(-c2c(C3CCCCC3)c3ccc(C(=O)NS(=O)(=O)N(C)C)cc3n2CC(C)(C)C(=O)N2CC3CN(C(=O)OC(C)(C)C)CC3C2)c(C)c1. The molecule has 3 fully saturated rings. The van der Waals surface area contributed by atoms with Gasteiger partial charge < -0.3 is 23.8 Å². The fourth-order valence-corrected chi connectivity index (χ4v) is 9.13. The zero-order valence-electron chi connectivity index (χ0n) is 33.3. The summed E-state index contributed by atoms with van der Waals surface area (Å²) < 4.78 is 41.9. The largest absolute Gasteiger partial charge is 0.497 e. The van der Waals surface area contributed by atoms with E-state index in [1.165, 1.54) is 26.1 Å². The smallest absolute Gasteiger partial charge is 0.410 e. The lowest BCUT2D eigenvalue weighted by atomic mass is 9.81. The van der Waals surface area contributed by atoms with Crippen molar-refractivity contribution in [3.63, 3.8) is 0 Å². The molecule has 12 nitrogen and oxygen atoms in total. The highest BCUT2D eigenvalue weighted by molar-refractivity contribution is 7.87. The molecular formula is C41H57N5O7S. The van der Waals surface area contributed by atoms with Crippen LogP contribution >= 0.6 is 0 Å². The van der Waals surface area contributed by atoms with E-state index >= 15 is 0 Å². The van der Waals surface area contributed by atoms with Crippen molar-refractivity contribution >= 4 is 39.0 Å². The number of carbonyl (C=O) groups is 3. The molecule has 6 rings (SSSR count). The number of likely N-dealkylation sites (tertiary alicyclic amines) is 2. The Balaban J connectivity index is 1.41. The molecule has 0 bridgehead atoms. The molecular weight excluding hydrogens is 707 g/mol. The first-order valence-electron chi connectivity index (χ1n) is 19.1. The number of nitrogens with zero attached hydrogens (tertiary/aromatic N) is 4. The molecule has 2 unspecified atom stereocenters. The van der Waals surface area contributed by atoms with Gasteiger partial charge in [0.25, 0.3) is 5.91 Å². The molecule has 1 N–H and O–H groups in total. The molecule has 0 spiro atoms. The highest BCUT2D eigenvalue weighted by atomic mass is 32.2. The van der Waals surface area contributed by atoms with Crippen molar-refractivity contribution in [1.82, 2.24) is 23.4 Å². The van der Waals surface area contributed by atoms with Crippen molar-refractivity contribution in [3.8, 4) is 17.0 Å². The number of hydrogen-bond donors (Lipinski definition) is 1. The van der Waals surface area contributed by atoms with E-state index < -0.39 is 27.1 Å².